The summed E-state index contributed by atoms with van der Waals surface area (Å²) in [5.41, 5.74) is 0.683. The Labute approximate surface area is 186 Å². The van der Waals surface area contributed by atoms with Gasteiger partial charge in [-0.1, -0.05) is 17.8 Å². The van der Waals surface area contributed by atoms with Gasteiger partial charge < -0.3 is 14.6 Å². The molecule has 3 rings (SSSR count). The van der Waals surface area contributed by atoms with Crippen molar-refractivity contribution in [3.63, 3.8) is 0 Å². The van der Waals surface area contributed by atoms with E-state index in [2.05, 4.69) is 22.1 Å². The van der Waals surface area contributed by atoms with Gasteiger partial charge in [-0.25, -0.2) is 12.7 Å². The summed E-state index contributed by atoms with van der Waals surface area (Å²) in [6.07, 6.45) is 4.58. The van der Waals surface area contributed by atoms with Crippen molar-refractivity contribution in [1.29, 1.82) is 0 Å². The van der Waals surface area contributed by atoms with Crippen molar-refractivity contribution >= 4 is 33.4 Å². The van der Waals surface area contributed by atoms with Crippen molar-refractivity contribution in [3.8, 4) is 5.75 Å². The number of piperidine rings is 1. The van der Waals surface area contributed by atoms with Gasteiger partial charge in [0.25, 0.3) is 0 Å². The Kier molecular flexibility index (Phi) is 7.74. The summed E-state index contributed by atoms with van der Waals surface area (Å²) in [6.45, 7) is 5.20. The van der Waals surface area contributed by atoms with Crippen LogP contribution in [0.15, 0.2) is 42.1 Å². The van der Waals surface area contributed by atoms with Gasteiger partial charge in [0.15, 0.2) is 5.16 Å². The summed E-state index contributed by atoms with van der Waals surface area (Å²) >= 11 is 1.29. The van der Waals surface area contributed by atoms with Crippen LogP contribution in [0.5, 0.6) is 5.75 Å². The van der Waals surface area contributed by atoms with Gasteiger partial charge in [0.1, 0.15) is 11.6 Å². The second-order valence-electron chi connectivity index (χ2n) is 7.27. The average molecular weight is 466 g/mol. The first-order chi connectivity index (χ1) is 14.8. The molecule has 9 nitrogen and oxygen atoms in total. The van der Waals surface area contributed by atoms with Crippen LogP contribution in [0.3, 0.4) is 0 Å². The van der Waals surface area contributed by atoms with Gasteiger partial charge in [0.05, 0.1) is 19.1 Å². The van der Waals surface area contributed by atoms with E-state index in [9.17, 15) is 13.2 Å². The normalized spacial score (nSPS) is 17.3. The molecule has 1 fully saturated rings. The van der Waals surface area contributed by atoms with Crippen molar-refractivity contribution in [2.45, 2.75) is 30.5 Å². The number of methoxy groups -OCH3 is 1. The fraction of sp³-hybridized carbons (Fsp3) is 0.450. The van der Waals surface area contributed by atoms with Gasteiger partial charge in [-0.3, -0.25) is 4.79 Å². The average Bonchev–Trinajstić information content (AvgIpc) is 3.15. The molecule has 0 aliphatic carbocycles. The van der Waals surface area contributed by atoms with Gasteiger partial charge in [0, 0.05) is 31.2 Å². The van der Waals surface area contributed by atoms with E-state index in [0.29, 0.717) is 30.5 Å². The lowest BCUT2D eigenvalue weighted by Gasteiger charge is -2.30. The molecule has 1 aliphatic rings. The van der Waals surface area contributed by atoms with Gasteiger partial charge >= 0.3 is 0 Å². The van der Waals surface area contributed by atoms with E-state index in [4.69, 9.17) is 4.74 Å². The SMILES string of the molecule is C=CCn1c(SCC(=O)Nc2ccc(OC)cc2)nnc1[C@@H]1CCCN(S(C)(=O)=O)C1. The number of aromatic nitrogens is 3. The molecule has 0 spiro atoms. The number of benzene rings is 1. The highest BCUT2D eigenvalue weighted by Crippen LogP contribution is 2.29. The number of ether oxygens (including phenoxy) is 1. The standard InChI is InChI=1S/C20H27N5O4S2/c1-4-11-25-19(15-6-5-12-24(13-15)31(3,27)28)22-23-20(25)30-14-18(26)21-16-7-9-17(29-2)10-8-16/h4,7-10,15H,1,5-6,11-14H2,2-3H3,(H,21,26)/t15-/m1/s1. The summed E-state index contributed by atoms with van der Waals surface area (Å²) in [7, 11) is -1.66. The highest BCUT2D eigenvalue weighted by Gasteiger charge is 2.30. The lowest BCUT2D eigenvalue weighted by atomic mass is 9.99. The molecule has 1 aromatic carbocycles. The van der Waals surface area contributed by atoms with E-state index in [1.54, 1.807) is 37.5 Å². The van der Waals surface area contributed by atoms with Gasteiger partial charge in [-0.2, -0.15) is 0 Å². The number of hydrogen-bond acceptors (Lipinski definition) is 7. The maximum Gasteiger partial charge on any atom is 0.234 e. The first kappa shape index (κ1) is 23.3. The zero-order valence-corrected chi connectivity index (χ0v) is 19.3. The first-order valence-corrected chi connectivity index (χ1v) is 12.7. The molecular formula is C20H27N5O4S2. The second kappa shape index (κ2) is 10.3. The molecule has 1 aromatic heterocycles. The molecule has 1 N–H and O–H groups in total. The quantitative estimate of drug-likeness (QED) is 0.447. The Morgan fingerprint density at radius 2 is 2.10 bits per heavy atom. The number of thioether (sulfide) groups is 1. The lowest BCUT2D eigenvalue weighted by Crippen LogP contribution is -2.39. The number of hydrogen-bond donors (Lipinski definition) is 1. The fourth-order valence-electron chi connectivity index (χ4n) is 3.47. The molecule has 31 heavy (non-hydrogen) atoms. The minimum Gasteiger partial charge on any atom is -0.497 e. The summed E-state index contributed by atoms with van der Waals surface area (Å²) in [4.78, 5) is 12.4. The van der Waals surface area contributed by atoms with Crippen LogP contribution >= 0.6 is 11.8 Å². The van der Waals surface area contributed by atoms with Crippen molar-refractivity contribution in [2.75, 3.05) is 37.5 Å². The van der Waals surface area contributed by atoms with Crippen LogP contribution in [0.1, 0.15) is 24.6 Å². The predicted molar refractivity (Wildman–Crippen MR) is 121 cm³/mol. The number of allylic oxidation sites excluding steroid dienone is 1. The summed E-state index contributed by atoms with van der Waals surface area (Å²) in [6, 6.07) is 7.10. The molecule has 0 bridgehead atoms. The number of rotatable bonds is 9. The van der Waals surface area contributed by atoms with E-state index in [-0.39, 0.29) is 17.6 Å². The number of amides is 1. The lowest BCUT2D eigenvalue weighted by molar-refractivity contribution is -0.113. The number of carbonyl (C=O) groups is 1. The van der Waals surface area contributed by atoms with E-state index in [1.807, 2.05) is 4.57 Å². The van der Waals surface area contributed by atoms with Crippen LogP contribution in [-0.4, -0.2) is 65.6 Å². The Morgan fingerprint density at radius 1 is 1.35 bits per heavy atom. The topological polar surface area (TPSA) is 106 Å². The highest BCUT2D eigenvalue weighted by molar-refractivity contribution is 7.99. The molecule has 2 heterocycles. The summed E-state index contributed by atoms with van der Waals surface area (Å²) in [5.74, 6) is 1.41. The third-order valence-corrected chi connectivity index (χ3v) is 7.22. The number of carbonyl (C=O) groups excluding carboxylic acids is 1. The van der Waals surface area contributed by atoms with Crippen LogP contribution in [0.25, 0.3) is 0 Å². The minimum atomic E-state index is -3.25. The maximum atomic E-state index is 12.4. The Morgan fingerprint density at radius 3 is 2.74 bits per heavy atom. The maximum absolute atomic E-state index is 12.4. The van der Waals surface area contributed by atoms with Crippen molar-refractivity contribution in [1.82, 2.24) is 19.1 Å². The number of nitrogens with one attached hydrogen (secondary N) is 1. The number of nitrogens with zero attached hydrogens (tertiary/aromatic N) is 4. The van der Waals surface area contributed by atoms with E-state index in [0.717, 1.165) is 24.4 Å². The van der Waals surface area contributed by atoms with Crippen LogP contribution in [0.2, 0.25) is 0 Å². The van der Waals surface area contributed by atoms with E-state index in [1.165, 1.54) is 22.3 Å². The first-order valence-electron chi connectivity index (χ1n) is 9.87. The molecule has 0 saturated carbocycles. The minimum absolute atomic E-state index is 0.0431. The van der Waals surface area contributed by atoms with Crippen LogP contribution in [0, 0.1) is 0 Å². The third kappa shape index (κ3) is 6.08. The molecule has 1 amide bonds. The Balaban J connectivity index is 1.67. The zero-order chi connectivity index (χ0) is 22.4. The molecular weight excluding hydrogens is 438 g/mol. The monoisotopic (exact) mass is 465 g/mol. The molecule has 168 valence electrons. The summed E-state index contributed by atoms with van der Waals surface area (Å²) < 4.78 is 32.4. The molecule has 1 saturated heterocycles. The van der Waals surface area contributed by atoms with E-state index >= 15 is 0 Å². The van der Waals surface area contributed by atoms with E-state index < -0.39 is 10.0 Å². The Bertz CT molecular complexity index is 1020. The second-order valence-corrected chi connectivity index (χ2v) is 10.2. The van der Waals surface area contributed by atoms with Crippen LogP contribution < -0.4 is 10.1 Å². The Hall–Kier alpha value is -2.37. The molecule has 1 atom stereocenters. The highest BCUT2D eigenvalue weighted by atomic mass is 32.2. The number of anilines is 1. The molecule has 1 aliphatic heterocycles. The number of sulfonamides is 1. The largest absolute Gasteiger partial charge is 0.497 e. The van der Waals surface area contributed by atoms with Crippen molar-refractivity contribution in [2.24, 2.45) is 0 Å². The zero-order valence-electron chi connectivity index (χ0n) is 17.7. The smallest absolute Gasteiger partial charge is 0.234 e. The third-order valence-electron chi connectivity index (χ3n) is 4.98. The van der Waals surface area contributed by atoms with Gasteiger partial charge in [-0.05, 0) is 37.1 Å². The van der Waals surface area contributed by atoms with Gasteiger partial charge in [-0.15, -0.1) is 16.8 Å². The molecule has 0 unspecified atom stereocenters. The molecule has 0 radical (unpaired) electrons. The molecule has 11 heteroatoms. The predicted octanol–water partition coefficient (Wildman–Crippen LogP) is 2.34. The fourth-order valence-corrected chi connectivity index (χ4v) is 5.13. The van der Waals surface area contributed by atoms with Crippen LogP contribution in [-0.2, 0) is 21.4 Å². The summed E-state index contributed by atoms with van der Waals surface area (Å²) in [5, 5.41) is 12.0. The van der Waals surface area contributed by atoms with Gasteiger partial charge in [0.2, 0.25) is 15.9 Å². The van der Waals surface area contributed by atoms with Crippen LogP contribution in [0.4, 0.5) is 5.69 Å². The van der Waals surface area contributed by atoms with Crippen molar-refractivity contribution in [3.05, 3.63) is 42.7 Å². The molecule has 2 aromatic rings. The van der Waals surface area contributed by atoms with Crippen molar-refractivity contribution < 1.29 is 17.9 Å².